The Hall–Kier alpha value is 0.583. The van der Waals surface area contributed by atoms with E-state index in [2.05, 4.69) is 11.6 Å². The van der Waals surface area contributed by atoms with E-state index in [0.29, 0.717) is 0 Å². The van der Waals surface area contributed by atoms with Gasteiger partial charge < -0.3 is 0 Å². The summed E-state index contributed by atoms with van der Waals surface area (Å²) in [5.41, 5.74) is 0. The van der Waals surface area contributed by atoms with Gasteiger partial charge in [-0.1, -0.05) is 0 Å². The number of hydrogen-bond acceptors (Lipinski definition) is 1. The molecule has 25 valence electrons. The molecule has 0 aliphatic heterocycles. The van der Waals surface area contributed by atoms with E-state index in [1.54, 1.807) is 18.3 Å². The molecule has 0 bridgehead atoms. The Morgan fingerprint density at radius 2 is 2.00 bits per heavy atom. The molecule has 0 atom stereocenters. The summed E-state index contributed by atoms with van der Waals surface area (Å²) in [5.74, 6) is 0. The molecule has 0 amide bonds. The molecular weight excluding hydrogens is 165 g/mol. The van der Waals surface area contributed by atoms with Gasteiger partial charge in [0, 0.05) is 0 Å². The normalized spacial score (nSPS) is 6.50. The predicted molar refractivity (Wildman–Crippen MR) is 11.2 cm³/mol. The van der Waals surface area contributed by atoms with E-state index in [4.69, 9.17) is 0 Å². The Morgan fingerprint density at radius 1 is 2.00 bits per heavy atom. The molecule has 3 heteroatoms. The van der Waals surface area contributed by atoms with Crippen molar-refractivity contribution < 1.29 is 23.1 Å². The first kappa shape index (κ1) is 4.58. The van der Waals surface area contributed by atoms with Crippen molar-refractivity contribution in [2.45, 2.75) is 0 Å². The summed E-state index contributed by atoms with van der Waals surface area (Å²) in [4.78, 5) is 9.18. The summed E-state index contributed by atoms with van der Waals surface area (Å²) in [6.07, 6.45) is 0. The molecule has 0 aliphatic carbocycles. The zero-order valence-corrected chi connectivity index (χ0v) is 4.13. The Bertz CT molecular complexity index is 31.0. The Balaban J connectivity index is 2.80. The van der Waals surface area contributed by atoms with Crippen LogP contribution in [0.15, 0.2) is 0 Å². The van der Waals surface area contributed by atoms with Crippen LogP contribution in [0.5, 0.6) is 0 Å². The third kappa shape index (κ3) is 19.0. The van der Waals surface area contributed by atoms with Gasteiger partial charge in [0.25, 0.3) is 0 Å². The number of halogens is 1. The molecule has 0 saturated carbocycles. The number of carbonyl (C=O) groups excluding carboxylic acids is 1. The van der Waals surface area contributed by atoms with Crippen molar-refractivity contribution >= 4 is 15.4 Å². The fraction of sp³-hybridized carbons (Fsp3) is 0. The van der Waals surface area contributed by atoms with Crippen molar-refractivity contribution in [1.82, 2.24) is 0 Å². The molecule has 0 aromatic carbocycles. The standard InChI is InChI=1S/CClO.Ru/c2-1-3;. The van der Waals surface area contributed by atoms with Crippen molar-refractivity contribution in [3.63, 3.8) is 0 Å². The van der Waals surface area contributed by atoms with Crippen molar-refractivity contribution in [1.29, 1.82) is 0 Å². The van der Waals surface area contributed by atoms with E-state index in [0.717, 1.165) is 0 Å². The SMILES string of the molecule is O=[C](Cl)[Ru]. The minimum absolute atomic E-state index is 0.431. The molecule has 1 nitrogen and oxygen atoms in total. The van der Waals surface area contributed by atoms with Crippen molar-refractivity contribution in [3.8, 4) is 0 Å². The van der Waals surface area contributed by atoms with Gasteiger partial charge in [-0.15, -0.1) is 0 Å². The third-order valence-electron chi connectivity index (χ3n) is 0. The molecule has 4 heavy (non-hydrogen) atoms. The molecule has 0 spiro atoms. The van der Waals surface area contributed by atoms with Gasteiger partial charge in [0.2, 0.25) is 0 Å². The zero-order chi connectivity index (χ0) is 3.58. The Morgan fingerprint density at radius 3 is 2.00 bits per heavy atom. The second-order valence-electron chi connectivity index (χ2n) is 0.216. The summed E-state index contributed by atoms with van der Waals surface area (Å²) >= 11 is 6.31. The van der Waals surface area contributed by atoms with E-state index in [1.165, 1.54) is 0 Å². The van der Waals surface area contributed by atoms with Gasteiger partial charge in [0.1, 0.15) is 0 Å². The predicted octanol–water partition coefficient (Wildman–Crippen LogP) is 0.892. The topological polar surface area (TPSA) is 17.1 Å². The van der Waals surface area contributed by atoms with E-state index in [1.807, 2.05) is 0 Å². The van der Waals surface area contributed by atoms with Gasteiger partial charge in [-0.2, -0.15) is 0 Å². The first-order chi connectivity index (χ1) is 1.73. The zero-order valence-electron chi connectivity index (χ0n) is 1.64. The van der Waals surface area contributed by atoms with Crippen molar-refractivity contribution in [2.75, 3.05) is 0 Å². The summed E-state index contributed by atoms with van der Waals surface area (Å²) in [6.45, 7) is 0. The quantitative estimate of drug-likeness (QED) is 0.384. The van der Waals surface area contributed by atoms with Crippen LogP contribution in [-0.4, -0.2) is 3.84 Å². The molecule has 0 aromatic rings. The molecule has 0 rings (SSSR count). The van der Waals surface area contributed by atoms with Crippen LogP contribution >= 0.6 is 11.6 Å². The molecule has 0 aromatic heterocycles. The van der Waals surface area contributed by atoms with Gasteiger partial charge in [0.15, 0.2) is 0 Å². The number of hydrogen-bond donors (Lipinski definition) is 0. The van der Waals surface area contributed by atoms with Crippen LogP contribution in [0.2, 0.25) is 0 Å². The van der Waals surface area contributed by atoms with E-state index in [9.17, 15) is 4.79 Å². The first-order valence-corrected chi connectivity index (χ1v) is 1.82. The average molecular weight is 165 g/mol. The molecule has 0 heterocycles. The second-order valence-corrected chi connectivity index (χ2v) is 1.84. The average Bonchev–Trinajstić information content (AvgIpc) is 0.811. The van der Waals surface area contributed by atoms with Gasteiger partial charge in [-0.05, 0) is 0 Å². The van der Waals surface area contributed by atoms with E-state index in [-0.39, 0.29) is 0 Å². The van der Waals surface area contributed by atoms with Crippen molar-refractivity contribution in [2.24, 2.45) is 0 Å². The van der Waals surface area contributed by atoms with Crippen LogP contribution in [0.3, 0.4) is 0 Å². The first-order valence-electron chi connectivity index (χ1n) is 0.570. The third-order valence-corrected chi connectivity index (χ3v) is 0. The van der Waals surface area contributed by atoms with Gasteiger partial charge in [-0.3, -0.25) is 0 Å². The molecule has 0 N–H and O–H groups in total. The second kappa shape index (κ2) is 1.86. The Labute approximate surface area is 39.0 Å². The van der Waals surface area contributed by atoms with Gasteiger partial charge in [0.05, 0.1) is 0 Å². The van der Waals surface area contributed by atoms with Crippen LogP contribution in [0.25, 0.3) is 0 Å². The van der Waals surface area contributed by atoms with Crippen LogP contribution in [0.1, 0.15) is 0 Å². The fourth-order valence-electron chi connectivity index (χ4n) is 0. The van der Waals surface area contributed by atoms with Gasteiger partial charge in [-0.25, -0.2) is 0 Å². The summed E-state index contributed by atoms with van der Waals surface area (Å²) in [7, 11) is 0. The number of rotatable bonds is 0. The minimum atomic E-state index is -0.431. The van der Waals surface area contributed by atoms with E-state index < -0.39 is 3.84 Å². The Kier molecular flexibility index (Phi) is 2.13. The maximum absolute atomic E-state index is 9.18. The van der Waals surface area contributed by atoms with Crippen LogP contribution in [0.4, 0.5) is 4.79 Å². The number of carbonyl (C=O) groups is 1. The van der Waals surface area contributed by atoms with Crippen LogP contribution < -0.4 is 0 Å². The molecule has 0 aliphatic rings. The molecule has 0 unspecified atom stereocenters. The molecule has 0 radical (unpaired) electrons. The monoisotopic (exact) mass is 165 g/mol. The van der Waals surface area contributed by atoms with Crippen LogP contribution in [-0.2, 0) is 18.3 Å². The summed E-state index contributed by atoms with van der Waals surface area (Å²) in [5, 5.41) is 0. The van der Waals surface area contributed by atoms with Gasteiger partial charge >= 0.3 is 38.5 Å². The van der Waals surface area contributed by atoms with Crippen molar-refractivity contribution in [3.05, 3.63) is 0 Å². The fourth-order valence-corrected chi connectivity index (χ4v) is 0. The molecule has 0 fully saturated rings. The van der Waals surface area contributed by atoms with E-state index >= 15 is 0 Å². The molecular formula is CClORu. The summed E-state index contributed by atoms with van der Waals surface area (Å²) in [6, 6.07) is 0. The summed E-state index contributed by atoms with van der Waals surface area (Å²) < 4.78 is -0.431. The maximum atomic E-state index is 9.18. The van der Waals surface area contributed by atoms with Crippen LogP contribution in [0, 0.1) is 0 Å². The molecule has 0 saturated heterocycles.